The number of aromatic nitrogens is 2. The fourth-order valence-corrected chi connectivity index (χ4v) is 3.92. The van der Waals surface area contributed by atoms with Crippen molar-refractivity contribution < 1.29 is 4.39 Å². The second kappa shape index (κ2) is 6.55. The van der Waals surface area contributed by atoms with E-state index in [1.807, 2.05) is 6.07 Å². The van der Waals surface area contributed by atoms with E-state index in [0.29, 0.717) is 21.5 Å². The van der Waals surface area contributed by atoms with Crippen LogP contribution in [0, 0.1) is 5.82 Å². The molecule has 0 saturated heterocycles. The van der Waals surface area contributed by atoms with Gasteiger partial charge in [-0.15, -0.1) is 11.3 Å². The SMILES string of the molecule is O=c1c2sccc2n(Cc2ccc(F)cc2Cl)c(=O)n1-c1ccccc1. The molecule has 0 fully saturated rings. The van der Waals surface area contributed by atoms with Crippen molar-refractivity contribution in [3.63, 3.8) is 0 Å². The minimum absolute atomic E-state index is 0.137. The standard InChI is InChI=1S/C19H12ClFN2O2S/c20-15-10-13(21)7-6-12(15)11-22-16-8-9-26-17(16)18(24)23(19(22)25)14-4-2-1-3-5-14/h1-10H,11H2. The lowest BCUT2D eigenvalue weighted by Crippen LogP contribution is -2.38. The molecular weight excluding hydrogens is 375 g/mol. The molecule has 7 heteroatoms. The van der Waals surface area contributed by atoms with Gasteiger partial charge in [-0.2, -0.15) is 0 Å². The highest BCUT2D eigenvalue weighted by Crippen LogP contribution is 2.21. The van der Waals surface area contributed by atoms with Crippen molar-refractivity contribution in [3.8, 4) is 5.69 Å². The third kappa shape index (κ3) is 2.77. The van der Waals surface area contributed by atoms with E-state index in [1.165, 1.54) is 28.0 Å². The predicted molar refractivity (Wildman–Crippen MR) is 102 cm³/mol. The van der Waals surface area contributed by atoms with Crippen molar-refractivity contribution in [2.24, 2.45) is 0 Å². The van der Waals surface area contributed by atoms with Crippen molar-refractivity contribution >= 4 is 33.2 Å². The molecule has 0 saturated carbocycles. The van der Waals surface area contributed by atoms with Crippen LogP contribution in [-0.2, 0) is 6.54 Å². The van der Waals surface area contributed by atoms with E-state index in [-0.39, 0.29) is 17.1 Å². The molecule has 0 bridgehead atoms. The van der Waals surface area contributed by atoms with Crippen LogP contribution in [0.5, 0.6) is 0 Å². The summed E-state index contributed by atoms with van der Waals surface area (Å²) in [4.78, 5) is 25.9. The lowest BCUT2D eigenvalue weighted by Gasteiger charge is -2.13. The van der Waals surface area contributed by atoms with Gasteiger partial charge in [-0.25, -0.2) is 13.8 Å². The summed E-state index contributed by atoms with van der Waals surface area (Å²) in [5.41, 5.74) is 0.815. The van der Waals surface area contributed by atoms with Crippen LogP contribution in [0.15, 0.2) is 69.6 Å². The number of nitrogens with zero attached hydrogens (tertiary/aromatic N) is 2. The zero-order valence-electron chi connectivity index (χ0n) is 13.4. The fourth-order valence-electron chi connectivity index (χ4n) is 2.87. The Morgan fingerprint density at radius 1 is 1.04 bits per heavy atom. The number of hydrogen-bond acceptors (Lipinski definition) is 3. The van der Waals surface area contributed by atoms with Crippen LogP contribution in [0.25, 0.3) is 15.9 Å². The lowest BCUT2D eigenvalue weighted by atomic mass is 10.2. The molecule has 0 amide bonds. The molecule has 0 aliphatic carbocycles. The van der Waals surface area contributed by atoms with Crippen LogP contribution in [0.2, 0.25) is 5.02 Å². The van der Waals surface area contributed by atoms with Crippen molar-refractivity contribution in [2.75, 3.05) is 0 Å². The lowest BCUT2D eigenvalue weighted by molar-refractivity contribution is 0.626. The summed E-state index contributed by atoms with van der Waals surface area (Å²) in [5, 5.41) is 2.00. The Morgan fingerprint density at radius 3 is 2.54 bits per heavy atom. The second-order valence-corrected chi connectivity index (χ2v) is 7.04. The van der Waals surface area contributed by atoms with Gasteiger partial charge < -0.3 is 0 Å². The number of benzene rings is 2. The number of fused-ring (bicyclic) bond motifs is 1. The Kier molecular flexibility index (Phi) is 4.22. The summed E-state index contributed by atoms with van der Waals surface area (Å²) in [5.74, 6) is -0.443. The maximum Gasteiger partial charge on any atom is 0.336 e. The van der Waals surface area contributed by atoms with E-state index in [0.717, 1.165) is 4.57 Å². The van der Waals surface area contributed by atoms with Gasteiger partial charge in [0.15, 0.2) is 0 Å². The Bertz CT molecular complexity index is 1230. The quantitative estimate of drug-likeness (QED) is 0.533. The summed E-state index contributed by atoms with van der Waals surface area (Å²) >= 11 is 7.40. The van der Waals surface area contributed by atoms with Gasteiger partial charge in [-0.3, -0.25) is 9.36 Å². The zero-order valence-corrected chi connectivity index (χ0v) is 14.9. The van der Waals surface area contributed by atoms with Gasteiger partial charge in [-0.05, 0) is 41.3 Å². The largest absolute Gasteiger partial charge is 0.336 e. The third-order valence-electron chi connectivity index (χ3n) is 4.11. The van der Waals surface area contributed by atoms with Crippen molar-refractivity contribution in [2.45, 2.75) is 6.54 Å². The summed E-state index contributed by atoms with van der Waals surface area (Å²) in [7, 11) is 0. The first kappa shape index (κ1) is 16.8. The number of hydrogen-bond donors (Lipinski definition) is 0. The van der Waals surface area contributed by atoms with Crippen LogP contribution in [0.1, 0.15) is 5.56 Å². The molecule has 0 aliphatic rings. The maximum absolute atomic E-state index is 13.3. The summed E-state index contributed by atoms with van der Waals surface area (Å²) in [6.45, 7) is 0.137. The Balaban J connectivity index is 1.99. The van der Waals surface area contributed by atoms with Gasteiger partial charge >= 0.3 is 5.69 Å². The minimum Gasteiger partial charge on any atom is -0.288 e. The zero-order chi connectivity index (χ0) is 18.3. The van der Waals surface area contributed by atoms with Crippen LogP contribution < -0.4 is 11.2 Å². The first-order chi connectivity index (χ1) is 12.6. The predicted octanol–water partition coefficient (Wildman–Crippen LogP) is 4.05. The molecule has 2 heterocycles. The van der Waals surface area contributed by atoms with Gasteiger partial charge in [0, 0.05) is 5.02 Å². The molecule has 130 valence electrons. The fraction of sp³-hybridized carbons (Fsp3) is 0.0526. The Hall–Kier alpha value is -2.70. The summed E-state index contributed by atoms with van der Waals surface area (Å²) in [6.07, 6.45) is 0. The Labute approximate surface area is 156 Å². The average molecular weight is 387 g/mol. The number of thiophene rings is 1. The van der Waals surface area contributed by atoms with E-state index < -0.39 is 11.5 Å². The van der Waals surface area contributed by atoms with E-state index in [4.69, 9.17) is 11.6 Å². The monoisotopic (exact) mass is 386 g/mol. The van der Waals surface area contributed by atoms with E-state index in [1.54, 1.807) is 41.8 Å². The van der Waals surface area contributed by atoms with Crippen LogP contribution >= 0.6 is 22.9 Å². The van der Waals surface area contributed by atoms with Crippen molar-refractivity contribution in [3.05, 3.63) is 97.2 Å². The average Bonchev–Trinajstić information content (AvgIpc) is 3.11. The highest BCUT2D eigenvalue weighted by Gasteiger charge is 2.16. The number of para-hydroxylation sites is 1. The van der Waals surface area contributed by atoms with E-state index in [2.05, 4.69) is 0 Å². The van der Waals surface area contributed by atoms with Crippen LogP contribution in [0.3, 0.4) is 0 Å². The van der Waals surface area contributed by atoms with Crippen molar-refractivity contribution in [1.29, 1.82) is 0 Å². The molecule has 0 radical (unpaired) electrons. The molecule has 2 aromatic heterocycles. The highest BCUT2D eigenvalue weighted by molar-refractivity contribution is 7.17. The summed E-state index contributed by atoms with van der Waals surface area (Å²) in [6, 6.07) is 14.5. The third-order valence-corrected chi connectivity index (χ3v) is 5.36. The molecule has 2 aromatic carbocycles. The molecular formula is C19H12ClFN2O2S. The van der Waals surface area contributed by atoms with Gasteiger partial charge in [-0.1, -0.05) is 35.9 Å². The first-order valence-corrected chi connectivity index (χ1v) is 9.04. The molecule has 0 unspecified atom stereocenters. The minimum atomic E-state index is -0.465. The molecule has 4 aromatic rings. The highest BCUT2D eigenvalue weighted by atomic mass is 35.5. The molecule has 0 aliphatic heterocycles. The molecule has 0 spiro atoms. The van der Waals surface area contributed by atoms with Crippen molar-refractivity contribution in [1.82, 2.24) is 9.13 Å². The summed E-state index contributed by atoms with van der Waals surface area (Å²) < 4.78 is 16.4. The molecule has 4 nitrogen and oxygen atoms in total. The molecule has 4 rings (SSSR count). The normalized spacial score (nSPS) is 11.2. The first-order valence-electron chi connectivity index (χ1n) is 7.78. The van der Waals surface area contributed by atoms with Gasteiger partial charge in [0.1, 0.15) is 10.5 Å². The number of rotatable bonds is 3. The van der Waals surface area contributed by atoms with Gasteiger partial charge in [0.25, 0.3) is 5.56 Å². The molecule has 26 heavy (non-hydrogen) atoms. The topological polar surface area (TPSA) is 44.0 Å². The van der Waals surface area contributed by atoms with Gasteiger partial charge in [0.05, 0.1) is 17.7 Å². The van der Waals surface area contributed by atoms with Crippen LogP contribution in [0.4, 0.5) is 4.39 Å². The maximum atomic E-state index is 13.3. The number of halogens is 2. The second-order valence-electron chi connectivity index (χ2n) is 5.72. The smallest absolute Gasteiger partial charge is 0.288 e. The van der Waals surface area contributed by atoms with E-state index in [9.17, 15) is 14.0 Å². The molecule has 0 N–H and O–H groups in total. The van der Waals surface area contributed by atoms with Crippen LogP contribution in [-0.4, -0.2) is 9.13 Å². The molecule has 0 atom stereocenters. The Morgan fingerprint density at radius 2 is 1.81 bits per heavy atom. The van der Waals surface area contributed by atoms with E-state index >= 15 is 0 Å². The van der Waals surface area contributed by atoms with Gasteiger partial charge in [0.2, 0.25) is 0 Å².